The minimum Gasteiger partial charge on any atom is -0.326 e. The van der Waals surface area contributed by atoms with Crippen LogP contribution in [0.15, 0.2) is 54.6 Å². The zero-order valence-electron chi connectivity index (χ0n) is 18.8. The van der Waals surface area contributed by atoms with Gasteiger partial charge in [-0.15, -0.1) is 23.2 Å². The molecule has 1 aliphatic carbocycles. The quantitative estimate of drug-likeness (QED) is 0.244. The second kappa shape index (κ2) is 10.9. The smallest absolute Gasteiger partial charge is 0.257 e. The summed E-state index contributed by atoms with van der Waals surface area (Å²) >= 11 is 37.5. The van der Waals surface area contributed by atoms with Crippen LogP contribution in [0.4, 0.5) is 17.1 Å². The van der Waals surface area contributed by atoms with Crippen molar-refractivity contribution >= 4 is 104 Å². The monoisotopic (exact) mass is 617 g/mol. The van der Waals surface area contributed by atoms with E-state index in [4.69, 9.17) is 69.6 Å². The molecule has 0 bridgehead atoms. The molecule has 2 atom stereocenters. The van der Waals surface area contributed by atoms with E-state index in [0.29, 0.717) is 27.0 Å². The first-order valence-electron chi connectivity index (χ1n) is 10.7. The molecule has 6 nitrogen and oxygen atoms in total. The minimum atomic E-state index is -1.38. The number of benzene rings is 3. The van der Waals surface area contributed by atoms with Crippen LogP contribution in [0, 0.1) is 5.92 Å². The molecule has 3 aromatic rings. The zero-order chi connectivity index (χ0) is 27.1. The van der Waals surface area contributed by atoms with Gasteiger partial charge in [0.15, 0.2) is 0 Å². The molecule has 12 heteroatoms. The van der Waals surface area contributed by atoms with E-state index >= 15 is 0 Å². The van der Waals surface area contributed by atoms with Gasteiger partial charge in [0.25, 0.3) is 5.91 Å². The average molecular weight is 620 g/mol. The summed E-state index contributed by atoms with van der Waals surface area (Å²) in [5, 5.41) is 8.89. The Morgan fingerprint density at radius 1 is 0.757 bits per heavy atom. The Hall–Kier alpha value is -2.19. The van der Waals surface area contributed by atoms with Gasteiger partial charge in [0.05, 0.1) is 21.5 Å². The predicted molar refractivity (Wildman–Crippen MR) is 151 cm³/mol. The zero-order valence-corrected chi connectivity index (χ0v) is 23.4. The fraction of sp³-hybridized carbons (Fsp3) is 0.160. The molecule has 192 valence electrons. The molecule has 3 N–H and O–H groups in total. The highest BCUT2D eigenvalue weighted by Crippen LogP contribution is 2.65. The maximum absolute atomic E-state index is 13.1. The highest BCUT2D eigenvalue weighted by atomic mass is 35.5. The molecule has 0 aromatic heterocycles. The molecule has 0 unspecified atom stereocenters. The normalized spacial score (nSPS) is 17.6. The van der Waals surface area contributed by atoms with Gasteiger partial charge in [-0.25, -0.2) is 0 Å². The summed E-state index contributed by atoms with van der Waals surface area (Å²) < 4.78 is -1.38. The van der Waals surface area contributed by atoms with Crippen LogP contribution in [0.3, 0.4) is 0 Å². The molecule has 3 amide bonds. The van der Waals surface area contributed by atoms with Gasteiger partial charge in [-0.3, -0.25) is 14.4 Å². The molecule has 0 saturated heterocycles. The number of halogens is 6. The predicted octanol–water partition coefficient (Wildman–Crippen LogP) is 8.04. The molecular formula is C25H17Cl6N3O3. The third kappa shape index (κ3) is 6.28. The first kappa shape index (κ1) is 27.8. The number of hydrogen-bond donors (Lipinski definition) is 3. The molecule has 1 saturated carbocycles. The average Bonchev–Trinajstić information content (AvgIpc) is 3.38. The van der Waals surface area contributed by atoms with Crippen LogP contribution in [0.1, 0.15) is 28.8 Å². The fourth-order valence-electron chi connectivity index (χ4n) is 3.91. The van der Waals surface area contributed by atoms with Crippen LogP contribution < -0.4 is 16.0 Å². The molecule has 0 spiro atoms. The maximum Gasteiger partial charge on any atom is 0.257 e. The number of carbonyl (C=O) groups is 3. The Bertz CT molecular complexity index is 1390. The lowest BCUT2D eigenvalue weighted by atomic mass is 10.1. The Morgan fingerprint density at radius 3 is 1.89 bits per heavy atom. The third-order valence-corrected chi connectivity index (χ3v) is 7.76. The Morgan fingerprint density at radius 2 is 1.32 bits per heavy atom. The summed E-state index contributed by atoms with van der Waals surface area (Å²) in [5.74, 6) is -2.61. The first-order valence-corrected chi connectivity index (χ1v) is 13.0. The van der Waals surface area contributed by atoms with E-state index in [-0.39, 0.29) is 27.2 Å². The number of alkyl halides is 2. The van der Waals surface area contributed by atoms with Crippen LogP contribution in [-0.2, 0) is 9.59 Å². The fourth-order valence-corrected chi connectivity index (χ4v) is 5.69. The van der Waals surface area contributed by atoms with Crippen molar-refractivity contribution in [3.63, 3.8) is 0 Å². The van der Waals surface area contributed by atoms with Crippen LogP contribution in [0.25, 0.3) is 0 Å². The van der Waals surface area contributed by atoms with E-state index in [0.717, 1.165) is 0 Å². The van der Waals surface area contributed by atoms with Crippen LogP contribution in [0.2, 0.25) is 20.1 Å². The number of anilines is 3. The molecule has 1 fully saturated rings. The standard InChI is InChI=1S/C25H17Cl6N3O3/c1-11(35)32-15-2-4-16(5-3-15)33-23(36)18-9-17(10-19(28)22(18)29)34-24(37)21-20(25(21,30)31)12-6-13(26)8-14(27)7-12/h2-10,20-21H,1H3,(H,32,35)(H,33,36)(H,34,37)/t20-,21+/m0/s1. The summed E-state index contributed by atoms with van der Waals surface area (Å²) in [6, 6.07) is 14.2. The van der Waals surface area contributed by atoms with Gasteiger partial charge in [0.1, 0.15) is 4.33 Å². The van der Waals surface area contributed by atoms with E-state index in [9.17, 15) is 14.4 Å². The van der Waals surface area contributed by atoms with Crippen molar-refractivity contribution in [1.29, 1.82) is 0 Å². The van der Waals surface area contributed by atoms with Crippen molar-refractivity contribution in [1.82, 2.24) is 0 Å². The van der Waals surface area contributed by atoms with Crippen LogP contribution >= 0.6 is 69.6 Å². The van der Waals surface area contributed by atoms with Crippen molar-refractivity contribution in [2.24, 2.45) is 5.92 Å². The van der Waals surface area contributed by atoms with Crippen molar-refractivity contribution in [3.8, 4) is 0 Å². The molecule has 0 heterocycles. The maximum atomic E-state index is 13.1. The van der Waals surface area contributed by atoms with Crippen molar-refractivity contribution in [2.75, 3.05) is 16.0 Å². The van der Waals surface area contributed by atoms with Crippen LogP contribution in [-0.4, -0.2) is 22.1 Å². The highest BCUT2D eigenvalue weighted by molar-refractivity contribution is 6.53. The highest BCUT2D eigenvalue weighted by Gasteiger charge is 2.67. The number of carbonyl (C=O) groups excluding carboxylic acids is 3. The van der Waals surface area contributed by atoms with E-state index in [1.165, 1.54) is 19.1 Å². The molecule has 3 aromatic carbocycles. The molecule has 4 rings (SSSR count). The summed E-state index contributed by atoms with van der Waals surface area (Å²) in [5.41, 5.74) is 1.92. The van der Waals surface area contributed by atoms with Crippen molar-refractivity contribution in [2.45, 2.75) is 17.2 Å². The van der Waals surface area contributed by atoms with Crippen LogP contribution in [0.5, 0.6) is 0 Å². The lowest BCUT2D eigenvalue weighted by molar-refractivity contribution is -0.117. The topological polar surface area (TPSA) is 87.3 Å². The number of nitrogens with one attached hydrogen (secondary N) is 3. The second-order valence-corrected chi connectivity index (χ2v) is 11.5. The van der Waals surface area contributed by atoms with E-state index < -0.39 is 28.0 Å². The molecule has 37 heavy (non-hydrogen) atoms. The van der Waals surface area contributed by atoms with E-state index in [2.05, 4.69) is 16.0 Å². The van der Waals surface area contributed by atoms with Gasteiger partial charge < -0.3 is 16.0 Å². The summed E-state index contributed by atoms with van der Waals surface area (Å²) in [6.07, 6.45) is 0. The van der Waals surface area contributed by atoms with Crippen molar-refractivity contribution in [3.05, 3.63) is 85.8 Å². The Balaban J connectivity index is 1.51. The van der Waals surface area contributed by atoms with Gasteiger partial charge in [-0.05, 0) is 60.2 Å². The number of hydrogen-bond acceptors (Lipinski definition) is 3. The van der Waals surface area contributed by atoms with E-state index in [1.807, 2.05) is 0 Å². The Kier molecular flexibility index (Phi) is 8.19. The molecular weight excluding hydrogens is 603 g/mol. The lowest BCUT2D eigenvalue weighted by Crippen LogP contribution is -2.18. The van der Waals surface area contributed by atoms with Crippen molar-refractivity contribution < 1.29 is 14.4 Å². The van der Waals surface area contributed by atoms with Gasteiger partial charge in [-0.1, -0.05) is 46.4 Å². The molecule has 0 radical (unpaired) electrons. The SMILES string of the molecule is CC(=O)Nc1ccc(NC(=O)c2cc(NC(=O)[C@H]3[C@H](c4cc(Cl)cc(Cl)c4)C3(Cl)Cl)cc(Cl)c2Cl)cc1. The molecule has 0 aliphatic heterocycles. The largest absolute Gasteiger partial charge is 0.326 e. The lowest BCUT2D eigenvalue weighted by Gasteiger charge is -2.12. The summed E-state index contributed by atoms with van der Waals surface area (Å²) in [4.78, 5) is 37.2. The first-order chi connectivity index (χ1) is 17.4. The summed E-state index contributed by atoms with van der Waals surface area (Å²) in [6.45, 7) is 1.39. The third-order valence-electron chi connectivity index (χ3n) is 5.58. The minimum absolute atomic E-state index is 0.00827. The number of amides is 3. The van der Waals surface area contributed by atoms with Gasteiger partial charge in [0, 0.05) is 39.9 Å². The van der Waals surface area contributed by atoms with E-state index in [1.54, 1.807) is 42.5 Å². The van der Waals surface area contributed by atoms with Gasteiger partial charge in [0.2, 0.25) is 11.8 Å². The summed E-state index contributed by atoms with van der Waals surface area (Å²) in [7, 11) is 0. The Labute approximate surface area is 242 Å². The number of rotatable bonds is 6. The van der Waals surface area contributed by atoms with Gasteiger partial charge in [-0.2, -0.15) is 0 Å². The second-order valence-electron chi connectivity index (χ2n) is 8.35. The van der Waals surface area contributed by atoms with Gasteiger partial charge >= 0.3 is 0 Å². The molecule has 1 aliphatic rings.